The Labute approximate surface area is 234 Å². The van der Waals surface area contributed by atoms with E-state index in [1.54, 1.807) is 0 Å². The van der Waals surface area contributed by atoms with Crippen molar-refractivity contribution in [3.63, 3.8) is 0 Å². The monoisotopic (exact) mass is 530 g/mol. The van der Waals surface area contributed by atoms with Gasteiger partial charge in [0.15, 0.2) is 0 Å². The van der Waals surface area contributed by atoms with Crippen molar-refractivity contribution in [2.45, 2.75) is 4.90 Å². The number of furan rings is 1. The topological polar surface area (TPSA) is 23.0 Å². The van der Waals surface area contributed by atoms with Crippen LogP contribution in [0.1, 0.15) is 0 Å². The van der Waals surface area contributed by atoms with Gasteiger partial charge in [0.1, 0.15) is 11.2 Å². The molecule has 188 valence electrons. The van der Waals surface area contributed by atoms with E-state index in [1.165, 1.54) is 27.2 Å². The first-order valence-electron chi connectivity index (χ1n) is 13.4. The third kappa shape index (κ3) is 2.91. The number of hydrogen-bond donors (Lipinski definition) is 1. The molecule has 6 aromatic carbocycles. The minimum absolute atomic E-state index is 0.913. The maximum absolute atomic E-state index is 6.53. The molecule has 0 saturated carbocycles. The number of fused-ring (bicyclic) bond motifs is 10. The molecule has 4 heteroatoms. The Kier molecular flexibility index (Phi) is 4.41. The van der Waals surface area contributed by atoms with Crippen LogP contribution >= 0.6 is 12.6 Å². The predicted molar refractivity (Wildman–Crippen MR) is 170 cm³/mol. The van der Waals surface area contributed by atoms with Crippen LogP contribution in [0.15, 0.2) is 137 Å². The quantitative estimate of drug-likeness (QED) is 0.221. The minimum Gasteiger partial charge on any atom is -0.455 e. The summed E-state index contributed by atoms with van der Waals surface area (Å²) in [6, 6.07) is 45.1. The molecule has 0 amide bonds. The van der Waals surface area contributed by atoms with Gasteiger partial charge in [0, 0.05) is 43.2 Å². The van der Waals surface area contributed by atoms with E-state index in [9.17, 15) is 0 Å². The van der Waals surface area contributed by atoms with E-state index < -0.39 is 0 Å². The highest BCUT2D eigenvalue weighted by atomic mass is 32.1. The molecular weight excluding hydrogens is 508 g/mol. The highest BCUT2D eigenvalue weighted by molar-refractivity contribution is 7.80. The third-order valence-electron chi connectivity index (χ3n) is 8.19. The number of benzene rings is 6. The van der Waals surface area contributed by atoms with Crippen LogP contribution in [0.5, 0.6) is 0 Å². The molecule has 0 aliphatic heterocycles. The molecule has 40 heavy (non-hydrogen) atoms. The van der Waals surface area contributed by atoms with Gasteiger partial charge >= 0.3 is 0 Å². The number of rotatable bonds is 2. The molecule has 0 aliphatic rings. The van der Waals surface area contributed by atoms with E-state index in [0.717, 1.165) is 54.6 Å². The highest BCUT2D eigenvalue weighted by Crippen LogP contribution is 2.42. The number of hydrogen-bond acceptors (Lipinski definition) is 2. The fraction of sp³-hybridized carbons (Fsp3) is 0. The average Bonchev–Trinajstić information content (AvgIpc) is 3.64. The maximum Gasteiger partial charge on any atom is 0.145 e. The second-order valence-electron chi connectivity index (χ2n) is 10.4. The lowest BCUT2D eigenvalue weighted by atomic mass is 10.1. The molecule has 0 unspecified atom stereocenters. The van der Waals surface area contributed by atoms with Crippen molar-refractivity contribution in [2.24, 2.45) is 0 Å². The molecule has 0 atom stereocenters. The van der Waals surface area contributed by atoms with Crippen molar-refractivity contribution in [1.29, 1.82) is 0 Å². The van der Waals surface area contributed by atoms with Crippen LogP contribution < -0.4 is 0 Å². The third-order valence-corrected chi connectivity index (χ3v) is 8.46. The zero-order chi connectivity index (χ0) is 26.4. The Bertz CT molecular complexity index is 2440. The summed E-state index contributed by atoms with van der Waals surface area (Å²) < 4.78 is 11.3. The van der Waals surface area contributed by atoms with E-state index >= 15 is 0 Å². The molecule has 3 aromatic heterocycles. The first-order valence-corrected chi connectivity index (χ1v) is 13.9. The largest absolute Gasteiger partial charge is 0.455 e. The van der Waals surface area contributed by atoms with Crippen molar-refractivity contribution >= 4 is 78.2 Å². The summed E-state index contributed by atoms with van der Waals surface area (Å²) in [5, 5.41) is 7.03. The van der Waals surface area contributed by atoms with E-state index in [1.807, 2.05) is 12.1 Å². The molecule has 0 N–H and O–H groups in total. The Morgan fingerprint density at radius 1 is 0.450 bits per heavy atom. The van der Waals surface area contributed by atoms with Crippen LogP contribution in [0.3, 0.4) is 0 Å². The van der Waals surface area contributed by atoms with Crippen LogP contribution in [0.4, 0.5) is 0 Å². The molecule has 0 saturated heterocycles. The summed E-state index contributed by atoms with van der Waals surface area (Å²) in [6.07, 6.45) is 0. The van der Waals surface area contributed by atoms with Gasteiger partial charge in [0.2, 0.25) is 0 Å². The Morgan fingerprint density at radius 2 is 1.15 bits per heavy atom. The van der Waals surface area contributed by atoms with Crippen LogP contribution in [0.2, 0.25) is 0 Å². The van der Waals surface area contributed by atoms with E-state index in [0.29, 0.717) is 0 Å². The molecule has 3 heterocycles. The van der Waals surface area contributed by atoms with Crippen molar-refractivity contribution < 1.29 is 4.42 Å². The van der Waals surface area contributed by atoms with Gasteiger partial charge in [0.05, 0.1) is 27.5 Å². The van der Waals surface area contributed by atoms with Crippen LogP contribution in [-0.2, 0) is 0 Å². The van der Waals surface area contributed by atoms with E-state index in [4.69, 9.17) is 4.42 Å². The lowest BCUT2D eigenvalue weighted by Gasteiger charge is -2.11. The second kappa shape index (κ2) is 8.04. The normalized spacial score (nSPS) is 12.1. The number of para-hydroxylation sites is 3. The standard InChI is InChI=1S/C36H22N2OS/c40-24-15-18-31-29(21-24)25-10-4-6-12-30(25)38(31)23-14-16-28-33(20-23)37(22-8-2-1-3-9-22)32-19-17-27-26-11-5-7-13-34(26)39-36(27)35(28)32/h1-21,40H. The van der Waals surface area contributed by atoms with Crippen LogP contribution in [-0.4, -0.2) is 9.13 Å². The van der Waals surface area contributed by atoms with Crippen molar-refractivity contribution in [3.05, 3.63) is 127 Å². The van der Waals surface area contributed by atoms with Gasteiger partial charge in [-0.3, -0.25) is 0 Å². The fourth-order valence-electron chi connectivity index (χ4n) is 6.50. The highest BCUT2D eigenvalue weighted by Gasteiger charge is 2.20. The smallest absolute Gasteiger partial charge is 0.145 e. The maximum atomic E-state index is 6.53. The first-order chi connectivity index (χ1) is 19.8. The van der Waals surface area contributed by atoms with Gasteiger partial charge in [-0.25, -0.2) is 0 Å². The SMILES string of the molecule is Sc1ccc2c(c1)c1ccccc1n2-c1ccc2c3c4oc5ccccc5c4ccc3n(-c3ccccc3)c2c1. The van der Waals surface area contributed by atoms with Gasteiger partial charge in [-0.05, 0) is 72.8 Å². The summed E-state index contributed by atoms with van der Waals surface area (Å²) in [5.41, 5.74) is 8.71. The molecule has 9 aromatic rings. The Morgan fingerprint density at radius 3 is 2.05 bits per heavy atom. The zero-order valence-corrected chi connectivity index (χ0v) is 22.3. The summed E-state index contributed by atoms with van der Waals surface area (Å²) in [7, 11) is 0. The van der Waals surface area contributed by atoms with Gasteiger partial charge in [0.25, 0.3) is 0 Å². The average molecular weight is 531 g/mol. The predicted octanol–water partition coefficient (Wildman–Crippen LogP) is 10.1. The number of aromatic nitrogens is 2. The van der Waals surface area contributed by atoms with E-state index in [2.05, 4.69) is 137 Å². The summed E-state index contributed by atoms with van der Waals surface area (Å²) in [6.45, 7) is 0. The number of thiol groups is 1. The lowest BCUT2D eigenvalue weighted by molar-refractivity contribution is 0.673. The minimum atomic E-state index is 0.913. The summed E-state index contributed by atoms with van der Waals surface area (Å²) in [5.74, 6) is 0. The Hall–Kier alpha value is -4.93. The molecule has 9 rings (SSSR count). The van der Waals surface area contributed by atoms with Gasteiger partial charge in [-0.15, -0.1) is 12.6 Å². The molecule has 0 bridgehead atoms. The van der Waals surface area contributed by atoms with E-state index in [-0.39, 0.29) is 0 Å². The molecule has 0 spiro atoms. The molecule has 0 aliphatic carbocycles. The lowest BCUT2D eigenvalue weighted by Crippen LogP contribution is -1.96. The van der Waals surface area contributed by atoms with Crippen LogP contribution in [0, 0.1) is 0 Å². The fourth-order valence-corrected chi connectivity index (χ4v) is 6.71. The number of nitrogens with zero attached hydrogens (tertiary/aromatic N) is 2. The van der Waals surface area contributed by atoms with Crippen molar-refractivity contribution in [1.82, 2.24) is 9.13 Å². The van der Waals surface area contributed by atoms with Gasteiger partial charge in [-0.1, -0.05) is 54.6 Å². The van der Waals surface area contributed by atoms with Crippen molar-refractivity contribution in [2.75, 3.05) is 0 Å². The van der Waals surface area contributed by atoms with Crippen molar-refractivity contribution in [3.8, 4) is 11.4 Å². The summed E-state index contributed by atoms with van der Waals surface area (Å²) >= 11 is 4.64. The first kappa shape index (κ1) is 21.9. The second-order valence-corrected chi connectivity index (χ2v) is 10.9. The summed E-state index contributed by atoms with van der Waals surface area (Å²) in [4.78, 5) is 0.963. The molecular formula is C36H22N2OS. The Balaban J connectivity index is 1.44. The molecule has 0 radical (unpaired) electrons. The zero-order valence-electron chi connectivity index (χ0n) is 21.4. The van der Waals surface area contributed by atoms with Gasteiger partial charge in [-0.2, -0.15) is 0 Å². The van der Waals surface area contributed by atoms with Crippen LogP contribution in [0.25, 0.3) is 76.9 Å². The molecule has 0 fully saturated rings. The molecule has 3 nitrogen and oxygen atoms in total. The van der Waals surface area contributed by atoms with Gasteiger partial charge < -0.3 is 13.6 Å².